The molecule has 0 unspecified atom stereocenters. The summed E-state index contributed by atoms with van der Waals surface area (Å²) < 4.78 is 11.3. The van der Waals surface area contributed by atoms with Gasteiger partial charge in [0.1, 0.15) is 18.1 Å². The van der Waals surface area contributed by atoms with Gasteiger partial charge in [0.2, 0.25) is 0 Å². The van der Waals surface area contributed by atoms with Crippen LogP contribution in [0.25, 0.3) is 0 Å². The van der Waals surface area contributed by atoms with E-state index in [0.717, 1.165) is 24.7 Å². The molecule has 0 aromatic heterocycles. The Hall–Kier alpha value is -1.22. The van der Waals surface area contributed by atoms with Crippen LogP contribution in [-0.2, 0) is 5.41 Å². The molecule has 0 spiro atoms. The summed E-state index contributed by atoms with van der Waals surface area (Å²) in [6.07, 6.45) is 2.46. The first-order valence-corrected chi connectivity index (χ1v) is 7.05. The van der Waals surface area contributed by atoms with Gasteiger partial charge < -0.3 is 14.8 Å². The zero-order chi connectivity index (χ0) is 13.9. The molecule has 1 heterocycles. The smallest absolute Gasteiger partial charge is 0.123 e. The second-order valence-electron chi connectivity index (χ2n) is 6.22. The molecule has 1 N–H and O–H groups in total. The van der Waals surface area contributed by atoms with E-state index < -0.39 is 0 Å². The highest BCUT2D eigenvalue weighted by Crippen LogP contribution is 2.34. The van der Waals surface area contributed by atoms with Gasteiger partial charge in [0.05, 0.1) is 7.11 Å². The van der Waals surface area contributed by atoms with E-state index in [1.165, 1.54) is 18.4 Å². The lowest BCUT2D eigenvalue weighted by atomic mass is 9.86. The molecule has 2 rings (SSSR count). The quantitative estimate of drug-likeness (QED) is 0.905. The Balaban J connectivity index is 2.13. The van der Waals surface area contributed by atoms with Crippen LogP contribution in [0.5, 0.6) is 11.5 Å². The highest BCUT2D eigenvalue weighted by Gasteiger charge is 2.21. The molecule has 0 amide bonds. The van der Waals surface area contributed by atoms with Crippen molar-refractivity contribution in [1.82, 2.24) is 5.32 Å². The number of methoxy groups -OCH3 is 1. The predicted octanol–water partition coefficient (Wildman–Crippen LogP) is 3.12. The number of benzene rings is 1. The third-order valence-corrected chi connectivity index (χ3v) is 3.60. The van der Waals surface area contributed by atoms with Gasteiger partial charge in [0.25, 0.3) is 0 Å². The second kappa shape index (κ2) is 5.83. The van der Waals surface area contributed by atoms with Gasteiger partial charge in [-0.25, -0.2) is 0 Å². The Bertz CT molecular complexity index is 417. The zero-order valence-corrected chi connectivity index (χ0v) is 12.5. The number of rotatable bonds is 4. The highest BCUT2D eigenvalue weighted by molar-refractivity contribution is 5.44. The van der Waals surface area contributed by atoms with Gasteiger partial charge in [0.15, 0.2) is 0 Å². The maximum absolute atomic E-state index is 6.03. The van der Waals surface area contributed by atoms with Crippen LogP contribution in [0.15, 0.2) is 18.2 Å². The van der Waals surface area contributed by atoms with Crippen molar-refractivity contribution in [1.29, 1.82) is 0 Å². The summed E-state index contributed by atoms with van der Waals surface area (Å²) in [6.45, 7) is 8.45. The Morgan fingerprint density at radius 2 is 2.11 bits per heavy atom. The summed E-state index contributed by atoms with van der Waals surface area (Å²) in [5.74, 6) is 1.86. The molecular weight excluding hydrogens is 238 g/mol. The lowest BCUT2D eigenvalue weighted by molar-refractivity contribution is 0.270. The molecule has 1 saturated heterocycles. The van der Waals surface area contributed by atoms with Crippen molar-refractivity contribution in [3.05, 3.63) is 23.8 Å². The Labute approximate surface area is 116 Å². The van der Waals surface area contributed by atoms with Crippen LogP contribution in [0.1, 0.15) is 39.2 Å². The summed E-state index contributed by atoms with van der Waals surface area (Å²) >= 11 is 0. The fraction of sp³-hybridized carbons (Fsp3) is 0.625. The van der Waals surface area contributed by atoms with E-state index in [1.54, 1.807) is 7.11 Å². The van der Waals surface area contributed by atoms with E-state index >= 15 is 0 Å². The summed E-state index contributed by atoms with van der Waals surface area (Å²) in [6, 6.07) is 6.56. The van der Waals surface area contributed by atoms with E-state index in [9.17, 15) is 0 Å². The minimum absolute atomic E-state index is 0.0486. The minimum atomic E-state index is 0.0486. The Morgan fingerprint density at radius 1 is 1.32 bits per heavy atom. The number of hydrogen-bond acceptors (Lipinski definition) is 3. The van der Waals surface area contributed by atoms with Crippen LogP contribution in [0.2, 0.25) is 0 Å². The van der Waals surface area contributed by atoms with E-state index in [4.69, 9.17) is 9.47 Å². The van der Waals surface area contributed by atoms with Crippen molar-refractivity contribution in [2.45, 2.75) is 45.1 Å². The molecule has 1 aliphatic rings. The lowest BCUT2D eigenvalue weighted by Crippen LogP contribution is -2.28. The van der Waals surface area contributed by atoms with Crippen LogP contribution in [0, 0.1) is 0 Å². The van der Waals surface area contributed by atoms with E-state index in [-0.39, 0.29) is 5.41 Å². The van der Waals surface area contributed by atoms with Crippen LogP contribution < -0.4 is 14.8 Å². The van der Waals surface area contributed by atoms with Crippen LogP contribution in [-0.4, -0.2) is 26.3 Å². The molecule has 19 heavy (non-hydrogen) atoms. The molecule has 0 bridgehead atoms. The molecule has 0 saturated carbocycles. The Kier molecular flexibility index (Phi) is 4.35. The van der Waals surface area contributed by atoms with E-state index in [2.05, 4.69) is 32.2 Å². The minimum Gasteiger partial charge on any atom is -0.497 e. The Morgan fingerprint density at radius 3 is 2.68 bits per heavy atom. The van der Waals surface area contributed by atoms with Crippen molar-refractivity contribution < 1.29 is 9.47 Å². The standard InChI is InChI=1S/C16H25NO2/c1-16(2,3)14-10-13(18-4)7-8-15(14)19-11-12-6-5-9-17-12/h7-8,10,12,17H,5-6,9,11H2,1-4H3/t12-/m1/s1. The molecule has 0 radical (unpaired) electrons. The second-order valence-corrected chi connectivity index (χ2v) is 6.22. The first kappa shape index (κ1) is 14.2. The summed E-state index contributed by atoms with van der Waals surface area (Å²) in [7, 11) is 1.70. The summed E-state index contributed by atoms with van der Waals surface area (Å²) in [5.41, 5.74) is 1.25. The monoisotopic (exact) mass is 263 g/mol. The lowest BCUT2D eigenvalue weighted by Gasteiger charge is -2.24. The van der Waals surface area contributed by atoms with Crippen LogP contribution in [0.4, 0.5) is 0 Å². The fourth-order valence-corrected chi connectivity index (χ4v) is 2.44. The third-order valence-electron chi connectivity index (χ3n) is 3.60. The van der Waals surface area contributed by atoms with Gasteiger partial charge in [-0.15, -0.1) is 0 Å². The molecule has 3 nitrogen and oxygen atoms in total. The van der Waals surface area contributed by atoms with Gasteiger partial charge in [0, 0.05) is 11.6 Å². The molecule has 0 aliphatic carbocycles. The van der Waals surface area contributed by atoms with Gasteiger partial charge in [-0.3, -0.25) is 0 Å². The van der Waals surface area contributed by atoms with Gasteiger partial charge in [-0.1, -0.05) is 20.8 Å². The van der Waals surface area contributed by atoms with Gasteiger partial charge in [-0.2, -0.15) is 0 Å². The molecule has 106 valence electrons. The maximum atomic E-state index is 6.03. The molecule has 1 atom stereocenters. The zero-order valence-electron chi connectivity index (χ0n) is 12.5. The molecular formula is C16H25NO2. The van der Waals surface area contributed by atoms with Gasteiger partial charge in [-0.05, 0) is 43.0 Å². The van der Waals surface area contributed by atoms with Gasteiger partial charge >= 0.3 is 0 Å². The van der Waals surface area contributed by atoms with Crippen molar-refractivity contribution >= 4 is 0 Å². The predicted molar refractivity (Wildman–Crippen MR) is 78.2 cm³/mol. The summed E-state index contributed by atoms with van der Waals surface area (Å²) in [4.78, 5) is 0. The van der Waals surface area contributed by atoms with Crippen molar-refractivity contribution in [2.75, 3.05) is 20.3 Å². The number of nitrogens with one attached hydrogen (secondary N) is 1. The van der Waals surface area contributed by atoms with Crippen molar-refractivity contribution in [3.63, 3.8) is 0 Å². The maximum Gasteiger partial charge on any atom is 0.123 e. The summed E-state index contributed by atoms with van der Waals surface area (Å²) in [5, 5.41) is 3.46. The van der Waals surface area contributed by atoms with E-state index in [1.807, 2.05) is 12.1 Å². The number of hydrogen-bond donors (Lipinski definition) is 1. The molecule has 1 aromatic rings. The van der Waals surface area contributed by atoms with E-state index in [0.29, 0.717) is 6.04 Å². The van der Waals surface area contributed by atoms with Crippen molar-refractivity contribution in [3.8, 4) is 11.5 Å². The highest BCUT2D eigenvalue weighted by atomic mass is 16.5. The largest absolute Gasteiger partial charge is 0.497 e. The first-order chi connectivity index (χ1) is 9.00. The average molecular weight is 263 g/mol. The number of ether oxygens (including phenoxy) is 2. The van der Waals surface area contributed by atoms with Crippen molar-refractivity contribution in [2.24, 2.45) is 0 Å². The fourth-order valence-electron chi connectivity index (χ4n) is 2.44. The molecule has 1 aromatic carbocycles. The first-order valence-electron chi connectivity index (χ1n) is 7.05. The SMILES string of the molecule is COc1ccc(OC[C@H]2CCCN2)c(C(C)(C)C)c1. The molecule has 3 heteroatoms. The normalized spacial score (nSPS) is 19.5. The molecule has 1 fully saturated rings. The van der Waals surface area contributed by atoms with Crippen LogP contribution in [0.3, 0.4) is 0 Å². The van der Waals surface area contributed by atoms with Crippen LogP contribution >= 0.6 is 0 Å². The topological polar surface area (TPSA) is 30.5 Å². The molecule has 1 aliphatic heterocycles. The third kappa shape index (κ3) is 3.63. The average Bonchev–Trinajstić information content (AvgIpc) is 2.88.